The molecule has 1 atom stereocenters. The summed E-state index contributed by atoms with van der Waals surface area (Å²) in [4.78, 5) is 22.6. The number of aliphatic carboxylic acids is 1. The fourth-order valence-electron chi connectivity index (χ4n) is 1.55. The highest BCUT2D eigenvalue weighted by Crippen LogP contribution is 2.12. The zero-order valence-corrected chi connectivity index (χ0v) is 12.9. The molecule has 1 aromatic rings. The largest absolute Gasteiger partial charge is 0.480 e. The fraction of sp³-hybridized carbons (Fsp3) is 0.429. The van der Waals surface area contributed by atoms with Gasteiger partial charge in [-0.2, -0.15) is 0 Å². The van der Waals surface area contributed by atoms with E-state index in [0.717, 1.165) is 22.9 Å². The van der Waals surface area contributed by atoms with Gasteiger partial charge < -0.3 is 15.2 Å². The average Bonchev–Trinajstić information content (AvgIpc) is 2.40. The normalized spacial score (nSPS) is 11.7. The molecule has 0 aromatic heterocycles. The van der Waals surface area contributed by atoms with Gasteiger partial charge in [-0.15, -0.1) is 0 Å². The van der Waals surface area contributed by atoms with E-state index in [4.69, 9.17) is 9.84 Å². The standard InChI is InChI=1S/C14H18BrNO4/c1-2-3-8-20-14(19)16-12(13(17)18)9-10-4-6-11(15)7-5-10/h4-7,12H,2-3,8-9H2,1H3,(H,16,19)(H,17,18)/t12-/m1/s1. The van der Waals surface area contributed by atoms with Gasteiger partial charge in [-0.05, 0) is 24.1 Å². The van der Waals surface area contributed by atoms with Crippen molar-refractivity contribution in [3.05, 3.63) is 34.3 Å². The summed E-state index contributed by atoms with van der Waals surface area (Å²) in [7, 11) is 0. The maximum absolute atomic E-state index is 11.5. The van der Waals surface area contributed by atoms with Crippen molar-refractivity contribution >= 4 is 28.0 Å². The van der Waals surface area contributed by atoms with Crippen molar-refractivity contribution in [1.29, 1.82) is 0 Å². The van der Waals surface area contributed by atoms with Crippen LogP contribution in [0.4, 0.5) is 4.79 Å². The molecule has 0 fully saturated rings. The Bertz CT molecular complexity index is 447. The minimum Gasteiger partial charge on any atom is -0.480 e. The maximum Gasteiger partial charge on any atom is 0.407 e. The van der Waals surface area contributed by atoms with Crippen LogP contribution < -0.4 is 5.32 Å². The first-order chi connectivity index (χ1) is 9.52. The van der Waals surface area contributed by atoms with E-state index in [9.17, 15) is 9.59 Å². The number of halogens is 1. The van der Waals surface area contributed by atoms with Crippen LogP contribution in [0.3, 0.4) is 0 Å². The van der Waals surface area contributed by atoms with Crippen molar-refractivity contribution in [3.8, 4) is 0 Å². The summed E-state index contributed by atoms with van der Waals surface area (Å²) in [6, 6.07) is 6.28. The van der Waals surface area contributed by atoms with Gasteiger partial charge in [0, 0.05) is 10.9 Å². The second-order valence-electron chi connectivity index (χ2n) is 4.36. The van der Waals surface area contributed by atoms with Crippen LogP contribution in [-0.4, -0.2) is 29.8 Å². The molecule has 0 saturated carbocycles. The van der Waals surface area contributed by atoms with E-state index in [2.05, 4.69) is 21.2 Å². The van der Waals surface area contributed by atoms with E-state index in [1.165, 1.54) is 0 Å². The minimum atomic E-state index is -1.08. The summed E-state index contributed by atoms with van der Waals surface area (Å²) in [6.07, 6.45) is 1.20. The van der Waals surface area contributed by atoms with E-state index in [-0.39, 0.29) is 6.42 Å². The van der Waals surface area contributed by atoms with Gasteiger partial charge in [0.25, 0.3) is 0 Å². The predicted molar refractivity (Wildman–Crippen MR) is 78.7 cm³/mol. The number of carboxylic acids is 1. The van der Waals surface area contributed by atoms with Gasteiger partial charge >= 0.3 is 12.1 Å². The molecule has 0 aliphatic heterocycles. The van der Waals surface area contributed by atoms with Crippen LogP contribution in [0.15, 0.2) is 28.7 Å². The van der Waals surface area contributed by atoms with Crippen molar-refractivity contribution in [2.24, 2.45) is 0 Å². The number of rotatable bonds is 7. The van der Waals surface area contributed by atoms with Crippen LogP contribution in [-0.2, 0) is 16.0 Å². The number of ether oxygens (including phenoxy) is 1. The number of hydrogen-bond donors (Lipinski definition) is 2. The van der Waals surface area contributed by atoms with Gasteiger partial charge in [0.15, 0.2) is 0 Å². The number of carbonyl (C=O) groups excluding carboxylic acids is 1. The number of alkyl carbamates (subject to hydrolysis) is 1. The zero-order valence-electron chi connectivity index (χ0n) is 11.3. The van der Waals surface area contributed by atoms with Gasteiger partial charge in [0.1, 0.15) is 6.04 Å². The van der Waals surface area contributed by atoms with Crippen LogP contribution in [0, 0.1) is 0 Å². The smallest absolute Gasteiger partial charge is 0.407 e. The van der Waals surface area contributed by atoms with Crippen molar-refractivity contribution in [2.45, 2.75) is 32.2 Å². The van der Waals surface area contributed by atoms with Crippen molar-refractivity contribution in [3.63, 3.8) is 0 Å². The van der Waals surface area contributed by atoms with E-state index < -0.39 is 18.1 Å². The maximum atomic E-state index is 11.5. The monoisotopic (exact) mass is 343 g/mol. The Kier molecular flexibility index (Phi) is 7.08. The molecule has 0 saturated heterocycles. The molecule has 2 N–H and O–H groups in total. The Morgan fingerprint density at radius 3 is 2.55 bits per heavy atom. The van der Waals surface area contributed by atoms with Gasteiger partial charge in [-0.25, -0.2) is 9.59 Å². The molecule has 110 valence electrons. The zero-order chi connectivity index (χ0) is 15.0. The molecule has 0 heterocycles. The van der Waals surface area contributed by atoms with E-state index in [0.29, 0.717) is 6.61 Å². The number of hydrogen-bond acceptors (Lipinski definition) is 3. The Labute approximate surface area is 126 Å². The van der Waals surface area contributed by atoms with Crippen LogP contribution in [0.2, 0.25) is 0 Å². The lowest BCUT2D eigenvalue weighted by Crippen LogP contribution is -2.42. The van der Waals surface area contributed by atoms with Gasteiger partial charge in [-0.1, -0.05) is 41.4 Å². The van der Waals surface area contributed by atoms with Crippen molar-refractivity contribution in [1.82, 2.24) is 5.32 Å². The van der Waals surface area contributed by atoms with Gasteiger partial charge in [0.2, 0.25) is 0 Å². The first kappa shape index (κ1) is 16.5. The molecule has 5 nitrogen and oxygen atoms in total. The number of amides is 1. The topological polar surface area (TPSA) is 75.6 Å². The quantitative estimate of drug-likeness (QED) is 0.746. The molecule has 0 unspecified atom stereocenters. The average molecular weight is 344 g/mol. The lowest BCUT2D eigenvalue weighted by Gasteiger charge is -2.14. The predicted octanol–water partition coefficient (Wildman–Crippen LogP) is 2.97. The highest BCUT2D eigenvalue weighted by Gasteiger charge is 2.21. The Balaban J connectivity index is 2.54. The first-order valence-electron chi connectivity index (χ1n) is 6.43. The van der Waals surface area contributed by atoms with E-state index >= 15 is 0 Å². The second kappa shape index (κ2) is 8.58. The number of unbranched alkanes of at least 4 members (excludes halogenated alkanes) is 1. The molecule has 1 aromatic carbocycles. The van der Waals surface area contributed by atoms with Gasteiger partial charge in [0.05, 0.1) is 6.61 Å². The summed E-state index contributed by atoms with van der Waals surface area (Å²) >= 11 is 3.31. The molecular weight excluding hydrogens is 326 g/mol. The molecule has 0 radical (unpaired) electrons. The number of nitrogens with one attached hydrogen (secondary N) is 1. The Hall–Kier alpha value is -1.56. The second-order valence-corrected chi connectivity index (χ2v) is 5.27. The lowest BCUT2D eigenvalue weighted by atomic mass is 10.1. The first-order valence-corrected chi connectivity index (χ1v) is 7.22. The molecule has 1 rings (SSSR count). The molecule has 20 heavy (non-hydrogen) atoms. The minimum absolute atomic E-state index is 0.214. The molecule has 0 aliphatic rings. The molecule has 0 spiro atoms. The molecule has 1 amide bonds. The van der Waals surface area contributed by atoms with Gasteiger partial charge in [-0.3, -0.25) is 0 Å². The Morgan fingerprint density at radius 1 is 1.35 bits per heavy atom. The molecule has 0 aliphatic carbocycles. The van der Waals surface area contributed by atoms with Crippen LogP contribution in [0.5, 0.6) is 0 Å². The SMILES string of the molecule is CCCCOC(=O)N[C@H](Cc1ccc(Br)cc1)C(=O)O. The highest BCUT2D eigenvalue weighted by molar-refractivity contribution is 9.10. The summed E-state index contributed by atoms with van der Waals surface area (Å²) in [5.41, 5.74) is 0.828. The third kappa shape index (κ3) is 6.06. The fourth-order valence-corrected chi connectivity index (χ4v) is 1.81. The van der Waals surface area contributed by atoms with Crippen LogP contribution in [0.25, 0.3) is 0 Å². The van der Waals surface area contributed by atoms with Crippen LogP contribution >= 0.6 is 15.9 Å². The molecular formula is C14H18BrNO4. The number of benzene rings is 1. The van der Waals surface area contributed by atoms with Crippen molar-refractivity contribution < 1.29 is 19.4 Å². The summed E-state index contributed by atoms with van der Waals surface area (Å²) in [6.45, 7) is 2.28. The number of carboxylic acid groups (broad SMARTS) is 1. The van der Waals surface area contributed by atoms with Crippen LogP contribution in [0.1, 0.15) is 25.3 Å². The molecule has 0 bridgehead atoms. The third-order valence-electron chi connectivity index (χ3n) is 2.67. The number of carbonyl (C=O) groups is 2. The van der Waals surface area contributed by atoms with Crippen molar-refractivity contribution in [2.75, 3.05) is 6.61 Å². The summed E-state index contributed by atoms with van der Waals surface area (Å²) < 4.78 is 5.82. The Morgan fingerprint density at radius 2 is 2.00 bits per heavy atom. The van der Waals surface area contributed by atoms with E-state index in [1.54, 1.807) is 0 Å². The molecule has 6 heteroatoms. The third-order valence-corrected chi connectivity index (χ3v) is 3.20. The van der Waals surface area contributed by atoms with E-state index in [1.807, 2.05) is 31.2 Å². The summed E-state index contributed by atoms with van der Waals surface area (Å²) in [5, 5.41) is 11.5. The lowest BCUT2D eigenvalue weighted by molar-refractivity contribution is -0.139. The summed E-state index contributed by atoms with van der Waals surface area (Å²) in [5.74, 6) is -1.08. The highest BCUT2D eigenvalue weighted by atomic mass is 79.9.